The van der Waals surface area contributed by atoms with Crippen LogP contribution in [-0.2, 0) is 18.7 Å². The smallest absolute Gasteiger partial charge is 0.233 e. The van der Waals surface area contributed by atoms with Crippen LogP contribution in [0.1, 0.15) is 40.5 Å². The second kappa shape index (κ2) is 22.4. The van der Waals surface area contributed by atoms with Gasteiger partial charge in [0.2, 0.25) is 17.8 Å². The summed E-state index contributed by atoms with van der Waals surface area (Å²) in [5.74, 6) is 1.09. The number of fused-ring (bicyclic) bond motifs is 2. The van der Waals surface area contributed by atoms with Crippen molar-refractivity contribution in [3.8, 4) is 5.75 Å². The van der Waals surface area contributed by atoms with E-state index in [0.29, 0.717) is 74.9 Å². The molecule has 56 heavy (non-hydrogen) atoms. The Morgan fingerprint density at radius 1 is 0.679 bits per heavy atom. The number of nitrogens with one attached hydrogen (secondary N) is 3. The van der Waals surface area contributed by atoms with Gasteiger partial charge in [-0.2, -0.15) is 15.0 Å². The molecule has 0 saturated carbocycles. The first kappa shape index (κ1) is 42.7. The normalized spacial score (nSPS) is 11.8. The van der Waals surface area contributed by atoms with Crippen LogP contribution in [0.5, 0.6) is 5.75 Å². The van der Waals surface area contributed by atoms with Crippen LogP contribution < -0.4 is 16.0 Å². The Bertz CT molecular complexity index is 2000. The summed E-state index contributed by atoms with van der Waals surface area (Å²) >= 11 is 1.50. The van der Waals surface area contributed by atoms with Crippen molar-refractivity contribution in [2.75, 3.05) is 68.3 Å². The van der Waals surface area contributed by atoms with Crippen LogP contribution in [0.25, 0.3) is 21.5 Å². The number of anilines is 4. The van der Waals surface area contributed by atoms with Gasteiger partial charge in [0.1, 0.15) is 5.69 Å². The number of aromatic hydroxyl groups is 1. The van der Waals surface area contributed by atoms with E-state index in [1.54, 1.807) is 30.3 Å². The highest BCUT2D eigenvalue weighted by Crippen LogP contribution is 2.45. The van der Waals surface area contributed by atoms with Crippen molar-refractivity contribution >= 4 is 80.5 Å². The summed E-state index contributed by atoms with van der Waals surface area (Å²) in [7, 11) is 0. The first-order valence-electron chi connectivity index (χ1n) is 18.4. The van der Waals surface area contributed by atoms with Crippen LogP contribution in [-0.4, -0.2) is 92.7 Å². The third kappa shape index (κ3) is 12.0. The van der Waals surface area contributed by atoms with Crippen molar-refractivity contribution in [2.45, 2.75) is 50.3 Å². The molecule has 1 aromatic heterocycles. The Hall–Kier alpha value is -4.41. The van der Waals surface area contributed by atoms with E-state index in [0.717, 1.165) is 74.9 Å². The van der Waals surface area contributed by atoms with Gasteiger partial charge in [-0.3, -0.25) is 0 Å². The Kier molecular flexibility index (Phi) is 17.1. The molecule has 0 spiro atoms. The number of aromatic nitrogens is 3. The van der Waals surface area contributed by atoms with Gasteiger partial charge in [0.25, 0.3) is 0 Å². The largest absolute Gasteiger partial charge is 0.505 e. The first-order chi connectivity index (χ1) is 27.4. The molecule has 300 valence electrons. The maximum Gasteiger partial charge on any atom is 0.233 e. The molecule has 0 aliphatic rings. The SMILES string of the molecule is CCN(CC)CCCNc1nc(NCCCN(CC)CC)nc(Nc2ccc3c(O)c(N=Nc4cccc5cc(SOOO)ccc45)c(SOOO)cc3c2)n1. The number of hydrogen-bond donors (Lipinski definition) is 6. The Labute approximate surface area is 334 Å². The molecule has 17 nitrogen and oxygen atoms in total. The van der Waals surface area contributed by atoms with Crippen molar-refractivity contribution in [1.82, 2.24) is 24.8 Å². The van der Waals surface area contributed by atoms with Gasteiger partial charge in [0.05, 0.1) is 34.7 Å². The monoisotopic (exact) mass is 808 g/mol. The molecule has 0 amide bonds. The fourth-order valence-electron chi connectivity index (χ4n) is 5.99. The quantitative estimate of drug-likeness (QED) is 0.0113. The molecule has 5 aromatic rings. The van der Waals surface area contributed by atoms with Crippen LogP contribution in [0.4, 0.5) is 34.9 Å². The van der Waals surface area contributed by atoms with Gasteiger partial charge in [-0.1, -0.05) is 56.0 Å². The predicted molar refractivity (Wildman–Crippen MR) is 220 cm³/mol. The molecule has 0 saturated heterocycles. The summed E-state index contributed by atoms with van der Waals surface area (Å²) in [5, 5.41) is 58.1. The van der Waals surface area contributed by atoms with Gasteiger partial charge in [-0.15, -0.1) is 18.9 Å². The van der Waals surface area contributed by atoms with Crippen molar-refractivity contribution in [1.29, 1.82) is 0 Å². The summed E-state index contributed by atoms with van der Waals surface area (Å²) in [6, 6.07) is 18.0. The van der Waals surface area contributed by atoms with E-state index in [1.807, 2.05) is 30.3 Å². The van der Waals surface area contributed by atoms with Crippen LogP contribution in [0.2, 0.25) is 0 Å². The molecule has 4 aromatic carbocycles. The zero-order chi connectivity index (χ0) is 39.7. The van der Waals surface area contributed by atoms with Gasteiger partial charge in [0.15, 0.2) is 5.75 Å². The number of azo groups is 1. The molecule has 0 aliphatic heterocycles. The fourth-order valence-corrected chi connectivity index (χ4v) is 6.89. The first-order valence-corrected chi connectivity index (χ1v) is 19.9. The minimum atomic E-state index is -0.158. The third-order valence-corrected chi connectivity index (χ3v) is 10.2. The van der Waals surface area contributed by atoms with Gasteiger partial charge >= 0.3 is 0 Å². The van der Waals surface area contributed by atoms with Gasteiger partial charge in [0, 0.05) is 34.4 Å². The Balaban J connectivity index is 1.40. The van der Waals surface area contributed by atoms with Crippen molar-refractivity contribution < 1.29 is 34.4 Å². The molecule has 0 unspecified atom stereocenters. The summed E-state index contributed by atoms with van der Waals surface area (Å²) in [5.41, 5.74) is 1.28. The molecular weight excluding hydrogens is 761 g/mol. The van der Waals surface area contributed by atoms with Gasteiger partial charge < -0.3 is 30.9 Å². The molecular formula is C37H48N10O7S2. The average Bonchev–Trinajstić information content (AvgIpc) is 3.21. The third-order valence-electron chi connectivity index (χ3n) is 9.00. The molecule has 0 atom stereocenters. The minimum absolute atomic E-state index is 0.101. The summed E-state index contributed by atoms with van der Waals surface area (Å²) < 4.78 is 9.31. The van der Waals surface area contributed by atoms with E-state index < -0.39 is 0 Å². The topological polar surface area (TPSA) is 204 Å². The van der Waals surface area contributed by atoms with Crippen LogP contribution in [0.3, 0.4) is 0 Å². The number of rotatable bonds is 24. The summed E-state index contributed by atoms with van der Waals surface area (Å²) in [6.07, 6.45) is 1.87. The van der Waals surface area contributed by atoms with E-state index in [2.05, 4.69) is 93.0 Å². The molecule has 19 heteroatoms. The summed E-state index contributed by atoms with van der Waals surface area (Å²) in [6.45, 7) is 16.0. The van der Waals surface area contributed by atoms with E-state index in [-0.39, 0.29) is 11.4 Å². The van der Waals surface area contributed by atoms with E-state index in [1.165, 1.54) is 0 Å². The lowest BCUT2D eigenvalue weighted by Crippen LogP contribution is -2.26. The lowest BCUT2D eigenvalue weighted by atomic mass is 10.1. The molecule has 0 fully saturated rings. The van der Waals surface area contributed by atoms with Crippen molar-refractivity contribution in [2.24, 2.45) is 10.2 Å². The zero-order valence-corrected chi connectivity index (χ0v) is 33.4. The standard InChI is InChI=1S/C37H48N10O7S2/c1-5-46(6-2)20-10-18-38-35-41-36(39-19-11-21-47(7-3)8-4)43-37(42-35)40-27-14-16-30-26(22-27)24-32(56-54-52-50)33(34(30)48)45-44-31-13-9-12-25-23-28(55-53-51-49)15-17-29(25)31/h9,12-17,22-24,48-50H,5-8,10-11,18-21H2,1-4H3,(H3,38,39,40,41,42,43). The summed E-state index contributed by atoms with van der Waals surface area (Å²) in [4.78, 5) is 19.7. The van der Waals surface area contributed by atoms with Gasteiger partial charge in [-0.25, -0.2) is 10.5 Å². The molecule has 6 N–H and O–H groups in total. The van der Waals surface area contributed by atoms with E-state index >= 15 is 0 Å². The maximum absolute atomic E-state index is 11.5. The lowest BCUT2D eigenvalue weighted by molar-refractivity contribution is -0.432. The molecule has 5 rings (SSSR count). The highest BCUT2D eigenvalue weighted by molar-refractivity contribution is 7.94. The Morgan fingerprint density at radius 3 is 1.95 bits per heavy atom. The molecule has 0 bridgehead atoms. The predicted octanol–water partition coefficient (Wildman–Crippen LogP) is 9.19. The van der Waals surface area contributed by atoms with E-state index in [9.17, 15) is 5.11 Å². The number of hydrogen-bond acceptors (Lipinski definition) is 19. The van der Waals surface area contributed by atoms with E-state index in [4.69, 9.17) is 14.8 Å². The minimum Gasteiger partial charge on any atom is -0.505 e. The van der Waals surface area contributed by atoms with Crippen molar-refractivity contribution in [3.63, 3.8) is 0 Å². The highest BCUT2D eigenvalue weighted by atomic mass is 32.2. The molecule has 0 radical (unpaired) electrons. The Morgan fingerprint density at radius 2 is 1.30 bits per heavy atom. The average molecular weight is 809 g/mol. The number of phenols is 1. The van der Waals surface area contributed by atoms with Crippen LogP contribution in [0.15, 0.2) is 80.7 Å². The lowest BCUT2D eigenvalue weighted by Gasteiger charge is -2.18. The van der Waals surface area contributed by atoms with Gasteiger partial charge in [-0.05, 0) is 105 Å². The zero-order valence-electron chi connectivity index (χ0n) is 31.8. The van der Waals surface area contributed by atoms with Crippen LogP contribution >= 0.6 is 24.1 Å². The fraction of sp³-hybridized carbons (Fsp3) is 0.378. The maximum atomic E-state index is 11.5. The van der Waals surface area contributed by atoms with Crippen molar-refractivity contribution in [3.05, 3.63) is 60.7 Å². The highest BCUT2D eigenvalue weighted by Gasteiger charge is 2.17. The number of phenolic OH excluding ortho intramolecular Hbond substituents is 1. The van der Waals surface area contributed by atoms with Crippen LogP contribution in [0, 0.1) is 0 Å². The second-order valence-corrected chi connectivity index (χ2v) is 13.9. The number of nitrogens with zero attached hydrogens (tertiary/aromatic N) is 7. The molecule has 1 heterocycles. The molecule has 0 aliphatic carbocycles. The second-order valence-electron chi connectivity index (χ2n) is 12.4. The number of benzene rings is 4.